The van der Waals surface area contributed by atoms with E-state index in [1.807, 2.05) is 0 Å². The molecule has 16 heavy (non-hydrogen) atoms. The molecule has 5 heteroatoms. The van der Waals surface area contributed by atoms with Crippen LogP contribution in [0.1, 0.15) is 5.56 Å². The summed E-state index contributed by atoms with van der Waals surface area (Å²) in [5.74, 6) is -0.797. The Bertz CT molecular complexity index is 678. The molecule has 0 aliphatic rings. The number of allylic oxidation sites excluding steroid dienone is 1. The molecule has 2 rings (SSSR count). The highest BCUT2D eigenvalue weighted by Crippen LogP contribution is 2.12. The molecule has 0 bridgehead atoms. The molecule has 1 aromatic heterocycles. The topological polar surface area (TPSA) is 80.1 Å². The molecule has 80 valence electrons. The highest BCUT2D eigenvalue weighted by atomic mass is 16.4. The zero-order valence-corrected chi connectivity index (χ0v) is 8.10. The second-order valence-corrected chi connectivity index (χ2v) is 3.07. The van der Waals surface area contributed by atoms with E-state index in [2.05, 4.69) is 9.40 Å². The number of carbonyl (C=O) groups is 1. The van der Waals surface area contributed by atoms with Crippen molar-refractivity contribution in [3.8, 4) is 0 Å². The molecule has 0 spiro atoms. The molecule has 0 amide bonds. The third-order valence-corrected chi connectivity index (χ3v) is 2.08. The van der Waals surface area contributed by atoms with Gasteiger partial charge in [-0.15, -0.1) is 0 Å². The van der Waals surface area contributed by atoms with Gasteiger partial charge >= 0.3 is 11.4 Å². The maximum atomic E-state index is 11.5. The summed E-state index contributed by atoms with van der Waals surface area (Å²) in [6, 6.07) is 4.91. The van der Waals surface area contributed by atoms with Crippen molar-refractivity contribution in [2.24, 2.45) is 0 Å². The third-order valence-electron chi connectivity index (χ3n) is 2.08. The van der Waals surface area contributed by atoms with Crippen LogP contribution in [0.2, 0.25) is 0 Å². The van der Waals surface area contributed by atoms with Gasteiger partial charge in [0, 0.05) is 0 Å². The number of aromatic nitrogens is 1. The van der Waals surface area contributed by atoms with E-state index < -0.39 is 11.4 Å². The second-order valence-electron chi connectivity index (χ2n) is 3.07. The number of hydrogen-bond donors (Lipinski definition) is 1. The molecule has 0 unspecified atom stereocenters. The highest BCUT2D eigenvalue weighted by Gasteiger charge is 2.05. The first-order valence-electron chi connectivity index (χ1n) is 4.50. The molecule has 5 nitrogen and oxygen atoms in total. The Kier molecular flexibility index (Phi) is 2.51. The first-order valence-corrected chi connectivity index (χ1v) is 4.50. The van der Waals surface area contributed by atoms with Crippen LogP contribution in [0.3, 0.4) is 0 Å². The van der Waals surface area contributed by atoms with E-state index in [0.29, 0.717) is 17.4 Å². The largest absolute Gasteiger partial charge is 0.419 e. The van der Waals surface area contributed by atoms with Crippen molar-refractivity contribution >= 4 is 23.3 Å². The number of aldehydes is 1. The summed E-state index contributed by atoms with van der Waals surface area (Å²) in [4.78, 5) is 35.0. The van der Waals surface area contributed by atoms with E-state index in [-0.39, 0.29) is 5.39 Å². The summed E-state index contributed by atoms with van der Waals surface area (Å²) < 4.78 is 4.42. The van der Waals surface area contributed by atoms with Gasteiger partial charge < -0.3 is 4.42 Å². The first kappa shape index (κ1) is 10.1. The summed E-state index contributed by atoms with van der Waals surface area (Å²) in [5.41, 5.74) is 0.189. The molecule has 1 heterocycles. The normalized spacial score (nSPS) is 11.0. The van der Waals surface area contributed by atoms with Crippen LogP contribution in [-0.4, -0.2) is 11.3 Å². The van der Waals surface area contributed by atoms with Crippen molar-refractivity contribution in [2.75, 3.05) is 0 Å². The number of carbonyl (C=O) groups excluding carboxylic acids is 1. The smallest absolute Gasteiger partial charge is 0.372 e. The predicted octanol–water partition coefficient (Wildman–Crippen LogP) is 0.693. The predicted molar refractivity (Wildman–Crippen MR) is 58.2 cm³/mol. The molecule has 0 aliphatic heterocycles. The van der Waals surface area contributed by atoms with Gasteiger partial charge in [-0.2, -0.15) is 0 Å². The molecule has 0 radical (unpaired) electrons. The van der Waals surface area contributed by atoms with Gasteiger partial charge in [0.25, 0.3) is 0 Å². The zero-order chi connectivity index (χ0) is 11.5. The maximum Gasteiger partial charge on any atom is 0.419 e. The van der Waals surface area contributed by atoms with Gasteiger partial charge in [0.05, 0.1) is 10.9 Å². The fourth-order valence-electron chi connectivity index (χ4n) is 1.45. The molecule has 0 atom stereocenters. The monoisotopic (exact) mass is 217 g/mol. The van der Waals surface area contributed by atoms with E-state index in [1.54, 1.807) is 18.2 Å². The van der Waals surface area contributed by atoms with Crippen LogP contribution < -0.4 is 11.4 Å². The van der Waals surface area contributed by atoms with Crippen molar-refractivity contribution in [3.63, 3.8) is 0 Å². The Morgan fingerprint density at radius 2 is 2.06 bits per heavy atom. The van der Waals surface area contributed by atoms with E-state index >= 15 is 0 Å². The fraction of sp³-hybridized carbons (Fsp3) is 0. The minimum Gasteiger partial charge on any atom is -0.372 e. The Labute approximate surface area is 89.0 Å². The first-order chi connectivity index (χ1) is 7.72. The van der Waals surface area contributed by atoms with Gasteiger partial charge in [0.1, 0.15) is 6.29 Å². The number of H-pyrrole nitrogens is 1. The summed E-state index contributed by atoms with van der Waals surface area (Å²) in [7, 11) is 0. The lowest BCUT2D eigenvalue weighted by atomic mass is 10.1. The van der Waals surface area contributed by atoms with Gasteiger partial charge in [-0.25, -0.2) is 9.59 Å². The minimum atomic E-state index is -0.797. The van der Waals surface area contributed by atoms with Crippen LogP contribution in [0, 0.1) is 0 Å². The van der Waals surface area contributed by atoms with Gasteiger partial charge in [0.2, 0.25) is 0 Å². The molecule has 2 aromatic rings. The van der Waals surface area contributed by atoms with Gasteiger partial charge in [-0.3, -0.25) is 9.78 Å². The Morgan fingerprint density at radius 3 is 2.81 bits per heavy atom. The number of aromatic amines is 1. The van der Waals surface area contributed by atoms with Crippen LogP contribution in [0.4, 0.5) is 0 Å². The zero-order valence-electron chi connectivity index (χ0n) is 8.10. The SMILES string of the molecule is O=CC=Cc1cccc2[nH]c(=O)oc(=O)c12. The Morgan fingerprint density at radius 1 is 1.25 bits per heavy atom. The number of nitrogens with one attached hydrogen (secondary N) is 1. The summed E-state index contributed by atoms with van der Waals surface area (Å²) in [5, 5.41) is 0.250. The highest BCUT2D eigenvalue weighted by molar-refractivity contribution is 5.88. The molecular weight excluding hydrogens is 210 g/mol. The van der Waals surface area contributed by atoms with Crippen LogP contribution in [0.15, 0.2) is 38.3 Å². The molecule has 1 N–H and O–H groups in total. The second kappa shape index (κ2) is 3.98. The quantitative estimate of drug-likeness (QED) is 0.593. The lowest BCUT2D eigenvalue weighted by Gasteiger charge is -1.98. The Hall–Kier alpha value is -2.43. The van der Waals surface area contributed by atoms with Crippen molar-refractivity contribution in [1.82, 2.24) is 4.98 Å². The van der Waals surface area contributed by atoms with Crippen LogP contribution in [0.5, 0.6) is 0 Å². The molecule has 0 saturated heterocycles. The standard InChI is InChI=1S/C11H7NO4/c13-6-2-4-7-3-1-5-8-9(7)10(14)16-11(15)12-8/h1-6H,(H,12,15). The molecule has 0 fully saturated rings. The summed E-state index contributed by atoms with van der Waals surface area (Å²) in [6.07, 6.45) is 3.34. The van der Waals surface area contributed by atoms with E-state index in [9.17, 15) is 14.4 Å². The van der Waals surface area contributed by atoms with E-state index in [4.69, 9.17) is 0 Å². The minimum absolute atomic E-state index is 0.250. The van der Waals surface area contributed by atoms with Crippen molar-refractivity contribution in [3.05, 3.63) is 50.8 Å². The lowest BCUT2D eigenvalue weighted by Crippen LogP contribution is -2.15. The average molecular weight is 217 g/mol. The van der Waals surface area contributed by atoms with Crippen LogP contribution in [0.25, 0.3) is 17.0 Å². The van der Waals surface area contributed by atoms with Crippen LogP contribution in [-0.2, 0) is 4.79 Å². The van der Waals surface area contributed by atoms with Crippen LogP contribution >= 0.6 is 0 Å². The van der Waals surface area contributed by atoms with Crippen molar-refractivity contribution in [2.45, 2.75) is 0 Å². The average Bonchev–Trinajstić information content (AvgIpc) is 2.25. The maximum absolute atomic E-state index is 11.5. The van der Waals surface area contributed by atoms with Gasteiger partial charge in [-0.1, -0.05) is 18.2 Å². The van der Waals surface area contributed by atoms with E-state index in [1.165, 1.54) is 12.2 Å². The molecular formula is C11H7NO4. The summed E-state index contributed by atoms with van der Waals surface area (Å²) >= 11 is 0. The van der Waals surface area contributed by atoms with Crippen molar-refractivity contribution < 1.29 is 9.21 Å². The number of benzene rings is 1. The molecule has 0 aliphatic carbocycles. The van der Waals surface area contributed by atoms with Gasteiger partial charge in [-0.05, 0) is 17.7 Å². The molecule has 1 aromatic carbocycles. The lowest BCUT2D eigenvalue weighted by molar-refractivity contribution is -0.104. The van der Waals surface area contributed by atoms with Gasteiger partial charge in [0.15, 0.2) is 0 Å². The number of fused-ring (bicyclic) bond motifs is 1. The summed E-state index contributed by atoms with van der Waals surface area (Å²) in [6.45, 7) is 0. The molecule has 0 saturated carbocycles. The fourth-order valence-corrected chi connectivity index (χ4v) is 1.45. The number of rotatable bonds is 2. The number of hydrogen-bond acceptors (Lipinski definition) is 4. The van der Waals surface area contributed by atoms with E-state index in [0.717, 1.165) is 0 Å². The Balaban J connectivity index is 2.87. The third kappa shape index (κ3) is 1.70. The van der Waals surface area contributed by atoms with Crippen molar-refractivity contribution in [1.29, 1.82) is 0 Å².